The molecule has 0 fully saturated rings. The highest BCUT2D eigenvalue weighted by Crippen LogP contribution is 2.25. The molecule has 19 heavy (non-hydrogen) atoms. The number of esters is 2. The Morgan fingerprint density at radius 1 is 0.947 bits per heavy atom. The molecule has 0 bridgehead atoms. The molecule has 0 amide bonds. The van der Waals surface area contributed by atoms with E-state index in [4.69, 9.17) is 33.2 Å². The van der Waals surface area contributed by atoms with Crippen LogP contribution in [0, 0.1) is 0 Å². The summed E-state index contributed by atoms with van der Waals surface area (Å²) in [6.45, 7) is 1.44. The largest absolute Gasteiger partial charge is 0.469 e. The molecule has 0 aromatic rings. The standard InChI is InChI=1S/C10H18Cl3NO4Si/c1-17-9(15)3-5-14(6-4-10(16)18-2)7-8-19(11,12)13/h3-8H2,1-2H3. The van der Waals surface area contributed by atoms with E-state index in [0.29, 0.717) is 25.7 Å². The zero-order chi connectivity index (χ0) is 14.9. The van der Waals surface area contributed by atoms with Crippen LogP contribution in [0.1, 0.15) is 12.8 Å². The topological polar surface area (TPSA) is 55.8 Å². The number of carbonyl (C=O) groups is 2. The van der Waals surface area contributed by atoms with Crippen LogP contribution >= 0.6 is 33.2 Å². The molecule has 112 valence electrons. The maximum Gasteiger partial charge on any atom is 0.342 e. The van der Waals surface area contributed by atoms with Crippen LogP contribution in [0.3, 0.4) is 0 Å². The fraction of sp³-hybridized carbons (Fsp3) is 0.800. The number of hydrogen-bond donors (Lipinski definition) is 0. The van der Waals surface area contributed by atoms with Gasteiger partial charge >= 0.3 is 17.9 Å². The summed E-state index contributed by atoms with van der Waals surface area (Å²) < 4.78 is 9.13. The molecule has 0 aliphatic heterocycles. The second kappa shape index (κ2) is 9.82. The first-order chi connectivity index (χ1) is 8.78. The molecular formula is C10H18Cl3NO4Si. The molecule has 0 heterocycles. The lowest BCUT2D eigenvalue weighted by Crippen LogP contribution is -2.32. The van der Waals surface area contributed by atoms with Gasteiger partial charge in [-0.3, -0.25) is 9.59 Å². The average Bonchev–Trinajstić information content (AvgIpc) is 2.35. The van der Waals surface area contributed by atoms with Gasteiger partial charge in [-0.1, -0.05) is 0 Å². The van der Waals surface area contributed by atoms with Crippen molar-refractivity contribution in [2.75, 3.05) is 33.9 Å². The molecule has 0 aliphatic rings. The Kier molecular flexibility index (Phi) is 9.82. The number of carbonyl (C=O) groups excluding carboxylic acids is 2. The van der Waals surface area contributed by atoms with Crippen LogP contribution in [0.4, 0.5) is 0 Å². The Morgan fingerprint density at radius 3 is 1.68 bits per heavy atom. The smallest absolute Gasteiger partial charge is 0.342 e. The zero-order valence-electron chi connectivity index (χ0n) is 11.0. The number of hydrogen-bond acceptors (Lipinski definition) is 5. The second-order valence-electron chi connectivity index (χ2n) is 3.86. The Morgan fingerprint density at radius 2 is 1.37 bits per heavy atom. The third-order valence-electron chi connectivity index (χ3n) is 2.43. The van der Waals surface area contributed by atoms with E-state index in [-0.39, 0.29) is 24.8 Å². The highest BCUT2D eigenvalue weighted by atomic mass is 35.8. The van der Waals surface area contributed by atoms with Crippen molar-refractivity contribution in [2.45, 2.75) is 18.9 Å². The molecule has 5 nitrogen and oxygen atoms in total. The quantitative estimate of drug-likeness (QED) is 0.362. The van der Waals surface area contributed by atoms with Crippen LogP contribution in [0.2, 0.25) is 6.04 Å². The molecule has 0 saturated carbocycles. The molecular weight excluding hydrogens is 333 g/mol. The van der Waals surface area contributed by atoms with E-state index in [2.05, 4.69) is 9.47 Å². The fourth-order valence-corrected chi connectivity index (χ4v) is 2.65. The van der Waals surface area contributed by atoms with Gasteiger partial charge in [0.05, 0.1) is 27.1 Å². The minimum atomic E-state index is -2.71. The minimum Gasteiger partial charge on any atom is -0.469 e. The van der Waals surface area contributed by atoms with E-state index in [9.17, 15) is 9.59 Å². The van der Waals surface area contributed by atoms with E-state index in [0.717, 1.165) is 0 Å². The van der Waals surface area contributed by atoms with Crippen LogP contribution in [-0.4, -0.2) is 56.7 Å². The van der Waals surface area contributed by atoms with Crippen molar-refractivity contribution < 1.29 is 19.1 Å². The highest BCUT2D eigenvalue weighted by Gasteiger charge is 2.25. The first-order valence-electron chi connectivity index (χ1n) is 5.71. The summed E-state index contributed by atoms with van der Waals surface area (Å²) in [5.74, 6) is -0.622. The molecule has 0 radical (unpaired) electrons. The lowest BCUT2D eigenvalue weighted by atomic mass is 10.3. The summed E-state index contributed by atoms with van der Waals surface area (Å²) in [4.78, 5) is 24.1. The predicted molar refractivity (Wildman–Crippen MR) is 77.8 cm³/mol. The first-order valence-corrected chi connectivity index (χ1v) is 11.0. The van der Waals surface area contributed by atoms with Gasteiger partial charge in [0.2, 0.25) is 0 Å². The summed E-state index contributed by atoms with van der Waals surface area (Å²) in [5.41, 5.74) is 0. The monoisotopic (exact) mass is 349 g/mol. The number of rotatable bonds is 9. The molecule has 0 aromatic carbocycles. The summed E-state index contributed by atoms with van der Waals surface area (Å²) in [5, 5.41) is 0. The van der Waals surface area contributed by atoms with Gasteiger partial charge in [-0.15, -0.1) is 33.2 Å². The van der Waals surface area contributed by atoms with Gasteiger partial charge in [0.15, 0.2) is 0 Å². The van der Waals surface area contributed by atoms with Gasteiger partial charge in [0.25, 0.3) is 0 Å². The van der Waals surface area contributed by atoms with E-state index in [1.54, 1.807) is 0 Å². The Labute approximate surface area is 128 Å². The number of ether oxygens (including phenoxy) is 2. The van der Waals surface area contributed by atoms with Crippen LogP contribution in [-0.2, 0) is 19.1 Å². The van der Waals surface area contributed by atoms with Crippen LogP contribution in [0.25, 0.3) is 0 Å². The van der Waals surface area contributed by atoms with E-state index in [1.807, 2.05) is 4.90 Å². The maximum absolute atomic E-state index is 11.1. The molecule has 0 unspecified atom stereocenters. The summed E-state index contributed by atoms with van der Waals surface area (Å²) in [6.07, 6.45) is 0.470. The molecule has 0 spiro atoms. The maximum atomic E-state index is 11.1. The van der Waals surface area contributed by atoms with E-state index >= 15 is 0 Å². The van der Waals surface area contributed by atoms with Crippen LogP contribution < -0.4 is 0 Å². The van der Waals surface area contributed by atoms with Gasteiger partial charge in [-0.25, -0.2) is 0 Å². The summed E-state index contributed by atoms with van der Waals surface area (Å²) in [6, 6.07) is -2.26. The molecule has 0 aromatic heterocycles. The van der Waals surface area contributed by atoms with Crippen molar-refractivity contribution in [1.82, 2.24) is 4.90 Å². The Balaban J connectivity index is 4.21. The van der Waals surface area contributed by atoms with Gasteiger partial charge in [0.1, 0.15) is 0 Å². The Bertz CT molecular complexity index is 279. The fourth-order valence-electron chi connectivity index (χ4n) is 1.32. The highest BCUT2D eigenvalue weighted by molar-refractivity contribution is 7.64. The van der Waals surface area contributed by atoms with Crippen molar-refractivity contribution in [2.24, 2.45) is 0 Å². The predicted octanol–water partition coefficient (Wildman–Crippen LogP) is 2.07. The lowest BCUT2D eigenvalue weighted by molar-refractivity contribution is -0.141. The third-order valence-corrected chi connectivity index (χ3v) is 4.92. The normalized spacial score (nSPS) is 11.5. The summed E-state index contributed by atoms with van der Waals surface area (Å²) >= 11 is 17.5. The van der Waals surface area contributed by atoms with Crippen LogP contribution in [0.5, 0.6) is 0 Å². The average molecular weight is 351 g/mol. The van der Waals surface area contributed by atoms with Gasteiger partial charge < -0.3 is 14.4 Å². The van der Waals surface area contributed by atoms with Crippen LogP contribution in [0.15, 0.2) is 0 Å². The molecule has 0 saturated heterocycles. The van der Waals surface area contributed by atoms with Crippen molar-refractivity contribution in [3.8, 4) is 0 Å². The lowest BCUT2D eigenvalue weighted by Gasteiger charge is -2.22. The third kappa shape index (κ3) is 11.5. The van der Waals surface area contributed by atoms with E-state index < -0.39 is 6.00 Å². The number of methoxy groups -OCH3 is 2. The molecule has 0 aliphatic carbocycles. The number of halogens is 3. The van der Waals surface area contributed by atoms with Gasteiger partial charge in [-0.2, -0.15) is 0 Å². The van der Waals surface area contributed by atoms with Gasteiger partial charge in [-0.05, 0) is 12.6 Å². The Hall–Kier alpha value is -0.0131. The van der Waals surface area contributed by atoms with Crippen molar-refractivity contribution in [3.05, 3.63) is 0 Å². The van der Waals surface area contributed by atoms with Crippen molar-refractivity contribution in [1.29, 1.82) is 0 Å². The minimum absolute atomic E-state index is 0.235. The number of nitrogens with zero attached hydrogens (tertiary/aromatic N) is 1. The molecule has 0 rings (SSSR count). The molecule has 0 N–H and O–H groups in total. The first kappa shape index (κ1) is 19.0. The SMILES string of the molecule is COC(=O)CCN(CCC(=O)OC)CC[Si](Cl)(Cl)Cl. The van der Waals surface area contributed by atoms with Crippen molar-refractivity contribution in [3.63, 3.8) is 0 Å². The molecule has 9 heteroatoms. The van der Waals surface area contributed by atoms with Crippen molar-refractivity contribution >= 4 is 51.2 Å². The second-order valence-corrected chi connectivity index (χ2v) is 13.1. The van der Waals surface area contributed by atoms with Gasteiger partial charge in [0, 0.05) is 13.1 Å². The van der Waals surface area contributed by atoms with E-state index in [1.165, 1.54) is 14.2 Å². The summed E-state index contributed by atoms with van der Waals surface area (Å²) in [7, 11) is 2.66. The molecule has 0 atom stereocenters. The zero-order valence-corrected chi connectivity index (χ0v) is 14.2.